The number of alkyl halides is 3. The summed E-state index contributed by atoms with van der Waals surface area (Å²) in [5, 5.41) is 0. The van der Waals surface area contributed by atoms with Crippen LogP contribution in [0.2, 0.25) is 0 Å². The molecule has 1 aliphatic heterocycles. The van der Waals surface area contributed by atoms with Crippen molar-refractivity contribution in [2.75, 3.05) is 12.4 Å². The summed E-state index contributed by atoms with van der Waals surface area (Å²) < 4.78 is 60.4. The van der Waals surface area contributed by atoms with E-state index in [2.05, 4.69) is 4.74 Å². The van der Waals surface area contributed by atoms with Crippen LogP contribution in [0.5, 0.6) is 0 Å². The van der Waals surface area contributed by atoms with Crippen LogP contribution >= 0.6 is 0 Å². The first-order valence-electron chi connectivity index (χ1n) is 2.74. The second-order valence-electron chi connectivity index (χ2n) is 2.11. The Balaban J connectivity index is 2.91. The van der Waals surface area contributed by atoms with Gasteiger partial charge in [0, 0.05) is 0 Å². The maximum atomic E-state index is 11.8. The van der Waals surface area contributed by atoms with E-state index in [1.165, 1.54) is 0 Å². The van der Waals surface area contributed by atoms with Crippen LogP contribution in [-0.2, 0) is 14.6 Å². The Bertz CT molecular complexity index is 242. The van der Waals surface area contributed by atoms with E-state index in [1.807, 2.05) is 0 Å². The monoisotopic (exact) mass is 190 g/mol. The van der Waals surface area contributed by atoms with E-state index in [0.29, 0.717) is 0 Å². The second kappa shape index (κ2) is 2.34. The highest BCUT2D eigenvalue weighted by Crippen LogP contribution is 2.30. The topological polar surface area (TPSA) is 43.4 Å². The van der Waals surface area contributed by atoms with Gasteiger partial charge in [0.2, 0.25) is 0 Å². The molecule has 0 radical (unpaired) electrons. The lowest BCUT2D eigenvalue weighted by molar-refractivity contribution is -0.185. The van der Waals surface area contributed by atoms with Crippen LogP contribution in [0.3, 0.4) is 0 Å². The third kappa shape index (κ3) is 1.64. The largest absolute Gasteiger partial charge is 0.429 e. The third-order valence-corrected chi connectivity index (χ3v) is 3.02. The first-order valence-corrected chi connectivity index (χ1v) is 4.45. The van der Waals surface area contributed by atoms with E-state index in [9.17, 15) is 21.6 Å². The minimum absolute atomic E-state index is 0.369. The summed E-state index contributed by atoms with van der Waals surface area (Å²) in [4.78, 5) is 0. The van der Waals surface area contributed by atoms with Crippen molar-refractivity contribution in [2.24, 2.45) is 0 Å². The number of ether oxygens (including phenoxy) is 1. The summed E-state index contributed by atoms with van der Waals surface area (Å²) in [6.45, 7) is -0.369. The second-order valence-corrected chi connectivity index (χ2v) is 4.27. The maximum absolute atomic E-state index is 11.8. The number of hydrogen-bond donors (Lipinski definition) is 0. The predicted octanol–water partition coefficient (Wildman–Crippen LogP) is 0.320. The van der Waals surface area contributed by atoms with Gasteiger partial charge in [-0.1, -0.05) is 0 Å². The molecule has 3 nitrogen and oxygen atoms in total. The molecule has 0 spiro atoms. The molecule has 1 rings (SSSR count). The van der Waals surface area contributed by atoms with Crippen molar-refractivity contribution in [3.05, 3.63) is 0 Å². The standard InChI is InChI=1S/C4H5F3O3S/c5-4(6,7)3-10-1-2-11(3,8)9/h3H,1-2H2. The van der Waals surface area contributed by atoms with Crippen LogP contribution in [0, 0.1) is 0 Å². The van der Waals surface area contributed by atoms with Gasteiger partial charge >= 0.3 is 6.18 Å². The predicted molar refractivity (Wildman–Crippen MR) is 29.6 cm³/mol. The first-order chi connectivity index (χ1) is 4.84. The molecule has 1 unspecified atom stereocenters. The molecular formula is C4H5F3O3S. The van der Waals surface area contributed by atoms with Crippen molar-refractivity contribution < 1.29 is 26.3 Å². The lowest BCUT2D eigenvalue weighted by atomic mass is 10.7. The minimum atomic E-state index is -4.80. The summed E-state index contributed by atoms with van der Waals surface area (Å²) in [6.07, 6.45) is -4.80. The van der Waals surface area contributed by atoms with Gasteiger partial charge in [-0.15, -0.1) is 0 Å². The normalized spacial score (nSPS) is 30.6. The van der Waals surface area contributed by atoms with Crippen molar-refractivity contribution >= 4 is 9.84 Å². The molecular weight excluding hydrogens is 185 g/mol. The van der Waals surface area contributed by atoms with Gasteiger partial charge in [0.1, 0.15) is 0 Å². The van der Waals surface area contributed by atoms with Gasteiger partial charge in [0.15, 0.2) is 9.84 Å². The molecule has 0 aromatic rings. The molecule has 0 amide bonds. The third-order valence-electron chi connectivity index (χ3n) is 1.23. The number of halogens is 3. The highest BCUT2D eigenvalue weighted by molar-refractivity contribution is 7.92. The zero-order chi connectivity index (χ0) is 8.70. The fraction of sp³-hybridized carbons (Fsp3) is 1.00. The van der Waals surface area contributed by atoms with Crippen molar-refractivity contribution in [1.29, 1.82) is 0 Å². The van der Waals surface area contributed by atoms with Gasteiger partial charge in [-0.2, -0.15) is 13.2 Å². The molecule has 11 heavy (non-hydrogen) atoms. The van der Waals surface area contributed by atoms with E-state index >= 15 is 0 Å². The van der Waals surface area contributed by atoms with Crippen molar-refractivity contribution in [3.8, 4) is 0 Å². The number of hydrogen-bond acceptors (Lipinski definition) is 3. The van der Waals surface area contributed by atoms with Crippen LogP contribution in [0.15, 0.2) is 0 Å². The van der Waals surface area contributed by atoms with E-state index in [-0.39, 0.29) is 6.61 Å². The van der Waals surface area contributed by atoms with Gasteiger partial charge in [-0.3, -0.25) is 0 Å². The van der Waals surface area contributed by atoms with Crippen LogP contribution in [-0.4, -0.2) is 32.4 Å². The van der Waals surface area contributed by atoms with Crippen molar-refractivity contribution in [3.63, 3.8) is 0 Å². The lowest BCUT2D eigenvalue weighted by Gasteiger charge is -2.11. The van der Waals surface area contributed by atoms with Gasteiger partial charge in [-0.05, 0) is 0 Å². The maximum Gasteiger partial charge on any atom is 0.429 e. The molecule has 7 heteroatoms. The Labute approximate surface area is 61.1 Å². The number of sulfone groups is 1. The summed E-state index contributed by atoms with van der Waals surface area (Å²) in [5.41, 5.74) is -2.60. The first kappa shape index (κ1) is 8.79. The molecule has 0 aromatic carbocycles. The summed E-state index contributed by atoms with van der Waals surface area (Å²) in [6, 6.07) is 0. The Morgan fingerprint density at radius 3 is 2.09 bits per heavy atom. The molecule has 0 N–H and O–H groups in total. The van der Waals surface area contributed by atoms with Gasteiger partial charge < -0.3 is 4.74 Å². The average molecular weight is 190 g/mol. The van der Waals surface area contributed by atoms with E-state index in [0.717, 1.165) is 0 Å². The van der Waals surface area contributed by atoms with E-state index in [1.54, 1.807) is 0 Å². The SMILES string of the molecule is O=S1(=O)CCOC1C(F)(F)F. The molecule has 1 saturated heterocycles. The summed E-state index contributed by atoms with van der Waals surface area (Å²) in [7, 11) is -4.09. The average Bonchev–Trinajstić information content (AvgIpc) is 2.06. The van der Waals surface area contributed by atoms with Crippen LogP contribution in [0.1, 0.15) is 0 Å². The highest BCUT2D eigenvalue weighted by atomic mass is 32.2. The molecule has 1 aliphatic rings. The van der Waals surface area contributed by atoms with Crippen LogP contribution in [0.4, 0.5) is 13.2 Å². The minimum Gasteiger partial charge on any atom is -0.353 e. The van der Waals surface area contributed by atoms with E-state index in [4.69, 9.17) is 0 Å². The fourth-order valence-electron chi connectivity index (χ4n) is 0.780. The van der Waals surface area contributed by atoms with Crippen LogP contribution in [0.25, 0.3) is 0 Å². The zero-order valence-electron chi connectivity index (χ0n) is 5.26. The molecule has 0 saturated carbocycles. The lowest BCUT2D eigenvalue weighted by Crippen LogP contribution is -2.34. The molecule has 1 atom stereocenters. The molecule has 0 aromatic heterocycles. The Hall–Kier alpha value is -0.300. The van der Waals surface area contributed by atoms with Gasteiger partial charge in [0.25, 0.3) is 5.44 Å². The fourth-order valence-corrected chi connectivity index (χ4v) is 2.03. The zero-order valence-corrected chi connectivity index (χ0v) is 6.07. The molecule has 1 heterocycles. The molecule has 0 bridgehead atoms. The van der Waals surface area contributed by atoms with Crippen LogP contribution < -0.4 is 0 Å². The molecule has 0 aliphatic carbocycles. The summed E-state index contributed by atoms with van der Waals surface area (Å²) >= 11 is 0. The Morgan fingerprint density at radius 2 is 1.91 bits per heavy atom. The van der Waals surface area contributed by atoms with Crippen molar-refractivity contribution in [1.82, 2.24) is 0 Å². The number of rotatable bonds is 0. The van der Waals surface area contributed by atoms with E-state index < -0.39 is 27.2 Å². The summed E-state index contributed by atoms with van der Waals surface area (Å²) in [5.74, 6) is -0.544. The molecule has 66 valence electrons. The molecule has 1 fully saturated rings. The Morgan fingerprint density at radius 1 is 1.36 bits per heavy atom. The quantitative estimate of drug-likeness (QED) is 0.552. The highest BCUT2D eigenvalue weighted by Gasteiger charge is 2.52. The smallest absolute Gasteiger partial charge is 0.353 e. The Kier molecular flexibility index (Phi) is 1.87. The van der Waals surface area contributed by atoms with Gasteiger partial charge in [0.05, 0.1) is 12.4 Å². The van der Waals surface area contributed by atoms with Gasteiger partial charge in [-0.25, -0.2) is 8.42 Å². The van der Waals surface area contributed by atoms with Crippen molar-refractivity contribution in [2.45, 2.75) is 11.6 Å².